The molecule has 7 aromatic carbocycles. The van der Waals surface area contributed by atoms with E-state index in [0.717, 1.165) is 18.5 Å². The van der Waals surface area contributed by atoms with E-state index in [-0.39, 0.29) is 5.41 Å². The zero-order valence-corrected chi connectivity index (χ0v) is 32.4. The number of hydrogen-bond acceptors (Lipinski definition) is 1. The van der Waals surface area contributed by atoms with Crippen LogP contribution < -0.4 is 15.5 Å². The van der Waals surface area contributed by atoms with Crippen LogP contribution in [-0.2, 0) is 5.41 Å². The molecule has 0 amide bonds. The zero-order chi connectivity index (χ0) is 38.1. The van der Waals surface area contributed by atoms with Crippen molar-refractivity contribution in [1.29, 1.82) is 0 Å². The second kappa shape index (κ2) is 13.2. The van der Waals surface area contributed by atoms with Crippen molar-refractivity contribution in [2.45, 2.75) is 38.0 Å². The van der Waals surface area contributed by atoms with Crippen molar-refractivity contribution in [3.05, 3.63) is 204 Å². The van der Waals surface area contributed by atoms with E-state index in [2.05, 4.69) is 217 Å². The van der Waals surface area contributed by atoms with Gasteiger partial charge in [-0.3, -0.25) is 0 Å². The molecule has 3 aliphatic rings. The molecular formula is C55H44N2. The summed E-state index contributed by atoms with van der Waals surface area (Å²) in [6.45, 7) is 4.83. The largest absolute Gasteiger partial charge is 0.310 e. The average Bonchev–Trinajstić information content (AvgIpc) is 3.72. The lowest BCUT2D eigenvalue weighted by Gasteiger charge is -2.31. The molecule has 0 saturated heterocycles. The Hall–Kier alpha value is -6.64. The maximum absolute atomic E-state index is 2.46. The smallest absolute Gasteiger partial charge is 0.0541 e. The SMILES string of the molecule is CC1(C)c2cc(N(c3ccc(-c4ccc(-c5ccc6c(c5)c5c(n6-c6ccccc6)=CCCC=5)cc4)cc3)c3cccc4ccccc34)ccc2C2C=CC=CC21. The molecule has 0 radical (unpaired) electrons. The fraction of sp³-hybridized carbons (Fsp3) is 0.127. The number of fused-ring (bicyclic) bond motifs is 7. The molecule has 8 aromatic rings. The van der Waals surface area contributed by atoms with Gasteiger partial charge in [0.2, 0.25) is 0 Å². The molecule has 1 aromatic heterocycles. The monoisotopic (exact) mass is 732 g/mol. The van der Waals surface area contributed by atoms with Crippen LogP contribution in [0.1, 0.15) is 43.7 Å². The number of rotatable bonds is 6. The summed E-state index contributed by atoms with van der Waals surface area (Å²) in [5.41, 5.74) is 13.8. The van der Waals surface area contributed by atoms with Crippen LogP contribution in [0.25, 0.3) is 61.8 Å². The van der Waals surface area contributed by atoms with Crippen LogP contribution in [0.4, 0.5) is 17.1 Å². The van der Waals surface area contributed by atoms with E-state index < -0.39 is 0 Å². The molecule has 274 valence electrons. The van der Waals surface area contributed by atoms with E-state index in [0.29, 0.717) is 11.8 Å². The van der Waals surface area contributed by atoms with Crippen LogP contribution >= 0.6 is 0 Å². The van der Waals surface area contributed by atoms with Crippen molar-refractivity contribution in [2.24, 2.45) is 5.92 Å². The summed E-state index contributed by atoms with van der Waals surface area (Å²) < 4.78 is 2.42. The first-order valence-corrected chi connectivity index (χ1v) is 20.4. The molecule has 57 heavy (non-hydrogen) atoms. The van der Waals surface area contributed by atoms with Gasteiger partial charge in [0.1, 0.15) is 0 Å². The summed E-state index contributed by atoms with van der Waals surface area (Å²) in [4.78, 5) is 2.45. The predicted octanol–water partition coefficient (Wildman–Crippen LogP) is 13.1. The number of hydrogen-bond donors (Lipinski definition) is 0. The summed E-state index contributed by atoms with van der Waals surface area (Å²) in [6, 6.07) is 58.5. The van der Waals surface area contributed by atoms with Crippen molar-refractivity contribution in [3.8, 4) is 27.9 Å². The third kappa shape index (κ3) is 5.46. The Morgan fingerprint density at radius 2 is 1.23 bits per heavy atom. The predicted molar refractivity (Wildman–Crippen MR) is 241 cm³/mol. The molecule has 2 heteroatoms. The summed E-state index contributed by atoms with van der Waals surface area (Å²) in [7, 11) is 0. The van der Waals surface area contributed by atoms with Crippen molar-refractivity contribution >= 4 is 50.9 Å². The molecule has 1 heterocycles. The number of allylic oxidation sites excluding steroid dienone is 4. The zero-order valence-electron chi connectivity index (χ0n) is 32.4. The van der Waals surface area contributed by atoms with Gasteiger partial charge >= 0.3 is 0 Å². The quantitative estimate of drug-likeness (QED) is 0.165. The van der Waals surface area contributed by atoms with Gasteiger partial charge in [-0.25, -0.2) is 0 Å². The van der Waals surface area contributed by atoms with Gasteiger partial charge in [-0.1, -0.05) is 153 Å². The van der Waals surface area contributed by atoms with E-state index in [4.69, 9.17) is 0 Å². The third-order valence-corrected chi connectivity index (χ3v) is 12.9. The summed E-state index contributed by atoms with van der Waals surface area (Å²) in [6.07, 6.45) is 16.2. The molecule has 0 spiro atoms. The first kappa shape index (κ1) is 33.7. The van der Waals surface area contributed by atoms with Gasteiger partial charge in [-0.2, -0.15) is 0 Å². The Morgan fingerprint density at radius 1 is 0.561 bits per heavy atom. The highest BCUT2D eigenvalue weighted by Crippen LogP contribution is 2.54. The molecule has 0 saturated carbocycles. The molecular weight excluding hydrogens is 689 g/mol. The number of aromatic nitrogens is 1. The molecule has 2 unspecified atom stereocenters. The average molecular weight is 733 g/mol. The minimum Gasteiger partial charge on any atom is -0.310 e. The fourth-order valence-corrected chi connectivity index (χ4v) is 10.0. The molecule has 0 aliphatic heterocycles. The van der Waals surface area contributed by atoms with E-state index in [1.165, 1.54) is 82.7 Å². The van der Waals surface area contributed by atoms with Crippen molar-refractivity contribution in [1.82, 2.24) is 4.57 Å². The Bertz CT molecular complexity index is 3030. The van der Waals surface area contributed by atoms with Gasteiger partial charge in [-0.05, 0) is 118 Å². The maximum Gasteiger partial charge on any atom is 0.0541 e. The number of anilines is 3. The lowest BCUT2D eigenvalue weighted by Crippen LogP contribution is -2.30. The lowest BCUT2D eigenvalue weighted by molar-refractivity contribution is 0.394. The van der Waals surface area contributed by atoms with E-state index in [1.807, 2.05) is 0 Å². The van der Waals surface area contributed by atoms with Crippen LogP contribution in [0.15, 0.2) is 182 Å². The minimum absolute atomic E-state index is 0.0349. The minimum atomic E-state index is 0.0349. The molecule has 0 bridgehead atoms. The number of nitrogens with zero attached hydrogens (tertiary/aromatic N) is 2. The highest BCUT2D eigenvalue weighted by molar-refractivity contribution is 5.99. The number of benzene rings is 7. The van der Waals surface area contributed by atoms with Crippen LogP contribution in [-0.4, -0.2) is 4.57 Å². The highest BCUT2D eigenvalue weighted by Gasteiger charge is 2.44. The summed E-state index contributed by atoms with van der Waals surface area (Å²) in [5, 5.41) is 6.46. The first-order valence-electron chi connectivity index (χ1n) is 20.4. The Kier molecular flexibility index (Phi) is 7.83. The first-order chi connectivity index (χ1) is 28.0. The van der Waals surface area contributed by atoms with Crippen LogP contribution in [0.3, 0.4) is 0 Å². The third-order valence-electron chi connectivity index (χ3n) is 12.9. The molecule has 2 nitrogen and oxygen atoms in total. The highest BCUT2D eigenvalue weighted by atomic mass is 15.1. The Balaban J connectivity index is 0.950. The second-order valence-corrected chi connectivity index (χ2v) is 16.5. The van der Waals surface area contributed by atoms with Crippen LogP contribution in [0.2, 0.25) is 0 Å². The van der Waals surface area contributed by atoms with Crippen molar-refractivity contribution in [2.75, 3.05) is 4.90 Å². The van der Waals surface area contributed by atoms with Gasteiger partial charge < -0.3 is 9.47 Å². The van der Waals surface area contributed by atoms with Gasteiger partial charge in [0, 0.05) is 44.3 Å². The Labute approximate surface area is 334 Å². The Morgan fingerprint density at radius 3 is 2.05 bits per heavy atom. The molecule has 3 aliphatic carbocycles. The standard InChI is InChI=1S/C55H44N2/c1-55(2)50-20-10-8-18-46(50)47-33-32-44(36-51(47)55)56(52-22-12-14-40-13-6-7-17-45(40)52)43-30-27-38(28-31-43)37-23-25-39(26-24-37)41-29-34-54-49(35-41)48-19-9-11-21-53(48)57(54)42-15-4-3-5-16-42/h3-8,10,12-36,46,50H,9,11H2,1-2H3. The normalized spacial score (nSPS) is 17.4. The summed E-state index contributed by atoms with van der Waals surface area (Å²) in [5.74, 6) is 0.897. The van der Waals surface area contributed by atoms with Gasteiger partial charge in [-0.15, -0.1) is 0 Å². The molecule has 2 atom stereocenters. The van der Waals surface area contributed by atoms with Gasteiger partial charge in [0.15, 0.2) is 0 Å². The topological polar surface area (TPSA) is 8.17 Å². The van der Waals surface area contributed by atoms with E-state index in [9.17, 15) is 0 Å². The van der Waals surface area contributed by atoms with Gasteiger partial charge in [0.05, 0.1) is 11.2 Å². The maximum atomic E-state index is 2.46. The molecule has 11 rings (SSSR count). The second-order valence-electron chi connectivity index (χ2n) is 16.5. The summed E-state index contributed by atoms with van der Waals surface area (Å²) >= 11 is 0. The lowest BCUT2D eigenvalue weighted by atomic mass is 9.74. The number of para-hydroxylation sites is 1. The fourth-order valence-electron chi connectivity index (χ4n) is 10.0. The van der Waals surface area contributed by atoms with Crippen LogP contribution in [0.5, 0.6) is 0 Å². The van der Waals surface area contributed by atoms with Crippen molar-refractivity contribution < 1.29 is 0 Å². The van der Waals surface area contributed by atoms with Crippen molar-refractivity contribution in [3.63, 3.8) is 0 Å². The van der Waals surface area contributed by atoms with Gasteiger partial charge in [0.25, 0.3) is 0 Å². The van der Waals surface area contributed by atoms with E-state index in [1.54, 1.807) is 0 Å². The van der Waals surface area contributed by atoms with E-state index >= 15 is 0 Å². The van der Waals surface area contributed by atoms with Crippen LogP contribution in [0, 0.1) is 5.92 Å². The molecule has 0 fully saturated rings. The molecule has 0 N–H and O–H groups in total.